The van der Waals surface area contributed by atoms with Gasteiger partial charge in [-0.2, -0.15) is 4.98 Å². The number of anilines is 5. The number of benzene rings is 1. The Kier molecular flexibility index (Phi) is 9.63. The Hall–Kier alpha value is -5.07. The lowest BCUT2D eigenvalue weighted by atomic mass is 10.2. The fourth-order valence-electron chi connectivity index (χ4n) is 7.33. The largest absolute Gasteiger partial charge is 0.444 e. The minimum atomic E-state index is -0.480. The second-order valence-electron chi connectivity index (χ2n) is 15.0. The van der Waals surface area contributed by atoms with E-state index in [1.165, 1.54) is 11.4 Å². The maximum atomic E-state index is 13.0. The Morgan fingerprint density at radius 1 is 0.784 bits per heavy atom. The van der Waals surface area contributed by atoms with E-state index in [0.717, 1.165) is 81.7 Å². The Morgan fingerprint density at radius 2 is 1.35 bits per heavy atom. The molecule has 1 saturated carbocycles. The van der Waals surface area contributed by atoms with Gasteiger partial charge in [-0.25, -0.2) is 14.8 Å². The number of pyridine rings is 1. The van der Waals surface area contributed by atoms with Crippen molar-refractivity contribution in [3.63, 3.8) is 0 Å². The van der Waals surface area contributed by atoms with Crippen molar-refractivity contribution in [2.75, 3.05) is 86.5 Å². The topological polar surface area (TPSA) is 115 Å². The summed E-state index contributed by atoms with van der Waals surface area (Å²) in [6, 6.07) is 15.0. The molecule has 270 valence electrons. The van der Waals surface area contributed by atoms with Gasteiger partial charge in [0.05, 0.1) is 11.9 Å². The smallest absolute Gasteiger partial charge is 0.410 e. The van der Waals surface area contributed by atoms with Crippen LogP contribution in [0.25, 0.3) is 11.0 Å². The Labute approximate surface area is 300 Å². The lowest BCUT2D eigenvalue weighted by molar-refractivity contribution is 0.0240. The number of nitrogens with zero attached hydrogens (tertiary/aromatic N) is 9. The van der Waals surface area contributed by atoms with E-state index in [2.05, 4.69) is 59.9 Å². The van der Waals surface area contributed by atoms with Crippen molar-refractivity contribution < 1.29 is 14.3 Å². The predicted octanol–water partition coefficient (Wildman–Crippen LogP) is 5.77. The third-order valence-corrected chi connectivity index (χ3v) is 10.0. The van der Waals surface area contributed by atoms with Gasteiger partial charge >= 0.3 is 6.09 Å². The molecule has 1 N–H and O–H groups in total. The molecule has 0 spiro atoms. The lowest BCUT2D eigenvalue weighted by Crippen LogP contribution is -2.50. The first-order valence-electron chi connectivity index (χ1n) is 18.2. The molecule has 0 unspecified atom stereocenters. The second kappa shape index (κ2) is 14.3. The van der Waals surface area contributed by atoms with E-state index in [-0.39, 0.29) is 18.0 Å². The normalized spacial score (nSPS) is 17.3. The quantitative estimate of drug-likeness (QED) is 0.256. The third kappa shape index (κ3) is 7.67. The van der Waals surface area contributed by atoms with Gasteiger partial charge in [-0.3, -0.25) is 4.79 Å². The summed E-state index contributed by atoms with van der Waals surface area (Å²) in [5.41, 5.74) is 4.45. The fourth-order valence-corrected chi connectivity index (χ4v) is 7.33. The molecule has 0 atom stereocenters. The zero-order valence-electron chi connectivity index (χ0n) is 30.5. The number of piperazine rings is 2. The Bertz CT molecular complexity index is 1830. The monoisotopic (exact) mass is 694 g/mol. The van der Waals surface area contributed by atoms with Crippen LogP contribution in [0.3, 0.4) is 0 Å². The van der Waals surface area contributed by atoms with Gasteiger partial charge in [-0.05, 0) is 76.1 Å². The molecule has 2 aliphatic heterocycles. The first kappa shape index (κ1) is 34.4. The maximum Gasteiger partial charge on any atom is 0.410 e. The summed E-state index contributed by atoms with van der Waals surface area (Å²) in [6.45, 7) is 12.2. The average molecular weight is 695 g/mol. The van der Waals surface area contributed by atoms with E-state index >= 15 is 0 Å². The van der Waals surface area contributed by atoms with Crippen LogP contribution in [0.15, 0.2) is 54.9 Å². The SMILES string of the molecule is CN(C)C(=O)c1cc2cnc(Nc3ccc(N4CCN(c5ccc(N6CCN(C(=O)OC(C)(C)C)CC6)cc5)CC4)cn3)nc2n1C1CCCC1. The van der Waals surface area contributed by atoms with Crippen molar-refractivity contribution in [2.45, 2.75) is 58.1 Å². The molecule has 5 heterocycles. The number of aromatic nitrogens is 4. The van der Waals surface area contributed by atoms with Crippen LogP contribution in [0, 0.1) is 0 Å². The molecule has 3 aromatic heterocycles. The molecule has 51 heavy (non-hydrogen) atoms. The minimum Gasteiger partial charge on any atom is -0.444 e. The van der Waals surface area contributed by atoms with E-state index in [1.807, 2.05) is 39.1 Å². The van der Waals surface area contributed by atoms with Crippen LogP contribution in [-0.4, -0.2) is 113 Å². The summed E-state index contributed by atoms with van der Waals surface area (Å²) < 4.78 is 7.67. The van der Waals surface area contributed by atoms with Crippen LogP contribution in [-0.2, 0) is 4.74 Å². The predicted molar refractivity (Wildman–Crippen MR) is 201 cm³/mol. The van der Waals surface area contributed by atoms with Gasteiger partial charge in [-0.15, -0.1) is 0 Å². The number of nitrogens with one attached hydrogen (secondary N) is 1. The van der Waals surface area contributed by atoms with Crippen molar-refractivity contribution in [2.24, 2.45) is 0 Å². The summed E-state index contributed by atoms with van der Waals surface area (Å²) in [7, 11) is 3.57. The van der Waals surface area contributed by atoms with Gasteiger partial charge in [0.1, 0.15) is 22.8 Å². The Balaban J connectivity index is 0.932. The van der Waals surface area contributed by atoms with Gasteiger partial charge in [0.15, 0.2) is 0 Å². The van der Waals surface area contributed by atoms with Crippen molar-refractivity contribution in [1.29, 1.82) is 0 Å². The molecule has 4 aromatic rings. The van der Waals surface area contributed by atoms with Crippen molar-refractivity contribution >= 4 is 51.9 Å². The fraction of sp³-hybridized carbons (Fsp3) is 0.500. The van der Waals surface area contributed by atoms with E-state index in [9.17, 15) is 9.59 Å². The number of amides is 2. The van der Waals surface area contributed by atoms with Gasteiger partial charge < -0.3 is 39.1 Å². The average Bonchev–Trinajstić information content (AvgIpc) is 3.79. The van der Waals surface area contributed by atoms with Gasteiger partial charge in [0.2, 0.25) is 5.95 Å². The van der Waals surface area contributed by atoms with Crippen molar-refractivity contribution in [3.8, 4) is 0 Å². The van der Waals surface area contributed by atoms with Crippen LogP contribution in [0.2, 0.25) is 0 Å². The lowest BCUT2D eigenvalue weighted by Gasteiger charge is -2.38. The second-order valence-corrected chi connectivity index (χ2v) is 15.0. The zero-order chi connectivity index (χ0) is 35.7. The highest BCUT2D eigenvalue weighted by Gasteiger charge is 2.28. The number of hydrogen-bond acceptors (Lipinski definition) is 10. The molecule has 13 heteroatoms. The standard InChI is InChI=1S/C38H50N10O3/c1-38(2,3)51-37(50)47-22-20-45(21-23-47)29-12-10-28(11-13-29)44-16-18-46(19-17-44)31-14-15-33(39-26-31)41-36-40-25-27-24-32(35(49)43(4)5)48(34(27)42-36)30-8-6-7-9-30/h10-15,24-26,30H,6-9,16-23H2,1-5H3,(H,39,40,41,42). The summed E-state index contributed by atoms with van der Waals surface area (Å²) in [6.07, 6.45) is 7.88. The molecule has 1 aliphatic carbocycles. The molecule has 0 bridgehead atoms. The van der Waals surface area contributed by atoms with E-state index < -0.39 is 5.60 Å². The highest BCUT2D eigenvalue weighted by molar-refractivity contribution is 5.98. The molecule has 3 fully saturated rings. The van der Waals surface area contributed by atoms with Crippen LogP contribution >= 0.6 is 0 Å². The van der Waals surface area contributed by atoms with Gasteiger partial charge in [0, 0.05) is 95.5 Å². The number of carbonyl (C=O) groups excluding carboxylic acids is 2. The molecule has 2 saturated heterocycles. The molecular formula is C38H50N10O3. The van der Waals surface area contributed by atoms with Crippen LogP contribution in [0.5, 0.6) is 0 Å². The zero-order valence-corrected chi connectivity index (χ0v) is 30.5. The summed E-state index contributed by atoms with van der Waals surface area (Å²) in [4.78, 5) is 50.2. The van der Waals surface area contributed by atoms with E-state index in [4.69, 9.17) is 14.7 Å². The van der Waals surface area contributed by atoms with Gasteiger partial charge in [0.25, 0.3) is 5.91 Å². The molecule has 3 aliphatic rings. The summed E-state index contributed by atoms with van der Waals surface area (Å²) in [5.74, 6) is 1.12. The van der Waals surface area contributed by atoms with E-state index in [1.54, 1.807) is 30.1 Å². The number of fused-ring (bicyclic) bond motifs is 1. The molecule has 1 aromatic carbocycles. The van der Waals surface area contributed by atoms with Crippen LogP contribution < -0.4 is 20.0 Å². The van der Waals surface area contributed by atoms with Gasteiger partial charge in [-0.1, -0.05) is 12.8 Å². The highest BCUT2D eigenvalue weighted by Crippen LogP contribution is 2.35. The van der Waals surface area contributed by atoms with Crippen molar-refractivity contribution in [1.82, 2.24) is 29.3 Å². The first-order valence-corrected chi connectivity index (χ1v) is 18.2. The number of ether oxygens (including phenoxy) is 1. The van der Waals surface area contributed by atoms with Crippen LogP contribution in [0.1, 0.15) is 63.0 Å². The molecule has 13 nitrogen and oxygen atoms in total. The molecule has 0 radical (unpaired) electrons. The summed E-state index contributed by atoms with van der Waals surface area (Å²) >= 11 is 0. The van der Waals surface area contributed by atoms with Crippen molar-refractivity contribution in [3.05, 3.63) is 60.6 Å². The molecule has 2 amide bonds. The number of rotatable bonds is 7. The van der Waals surface area contributed by atoms with Crippen LogP contribution in [0.4, 0.5) is 33.6 Å². The molecule has 7 rings (SSSR count). The Morgan fingerprint density at radius 3 is 1.90 bits per heavy atom. The number of hydrogen-bond donors (Lipinski definition) is 1. The maximum absolute atomic E-state index is 13.0. The highest BCUT2D eigenvalue weighted by atomic mass is 16.6. The first-order chi connectivity index (χ1) is 24.5. The third-order valence-electron chi connectivity index (χ3n) is 10.0. The molecular weight excluding hydrogens is 644 g/mol. The minimum absolute atomic E-state index is 0.0194. The van der Waals surface area contributed by atoms with E-state index in [0.29, 0.717) is 30.5 Å². The number of carbonyl (C=O) groups is 2. The summed E-state index contributed by atoms with van der Waals surface area (Å²) in [5, 5.41) is 4.15.